The minimum atomic E-state index is -2.43. The van der Waals surface area contributed by atoms with Crippen molar-refractivity contribution in [2.45, 2.75) is 26.9 Å². The first-order chi connectivity index (χ1) is 16.8. The highest BCUT2D eigenvalue weighted by Gasteiger charge is 2.43. The summed E-state index contributed by atoms with van der Waals surface area (Å²) in [7, 11) is -2.43. The molecule has 4 aromatic rings. The fraction of sp³-hybridized carbons (Fsp3) is 0.125. The summed E-state index contributed by atoms with van der Waals surface area (Å²) in [5, 5.41) is 2.36. The van der Waals surface area contributed by atoms with E-state index in [1.165, 1.54) is 22.5 Å². The second-order valence-corrected chi connectivity index (χ2v) is 14.1. The molecule has 5 rings (SSSR count). The summed E-state index contributed by atoms with van der Waals surface area (Å²) in [6.07, 6.45) is 0. The molecule has 0 bridgehead atoms. The molecule has 0 fully saturated rings. The van der Waals surface area contributed by atoms with E-state index in [1.54, 1.807) is 24.3 Å². The van der Waals surface area contributed by atoms with Crippen LogP contribution in [0.15, 0.2) is 97.1 Å². The van der Waals surface area contributed by atoms with Crippen molar-refractivity contribution in [3.8, 4) is 0 Å². The fourth-order valence-corrected chi connectivity index (χ4v) is 9.27. The lowest BCUT2D eigenvalue weighted by Crippen LogP contribution is -2.28. The first kappa shape index (κ1) is 23.2. The van der Waals surface area contributed by atoms with Crippen molar-refractivity contribution in [2.75, 3.05) is 0 Å². The third-order valence-corrected chi connectivity index (χ3v) is 10.4. The molecular formula is C32H28F2Si. The third-order valence-electron chi connectivity index (χ3n) is 6.84. The van der Waals surface area contributed by atoms with E-state index in [-0.39, 0.29) is 11.6 Å². The lowest BCUT2D eigenvalue weighted by molar-refractivity contribution is 0.627. The summed E-state index contributed by atoms with van der Waals surface area (Å²) < 4.78 is 29.1. The fourth-order valence-electron chi connectivity index (χ4n) is 5.48. The Morgan fingerprint density at radius 3 is 1.23 bits per heavy atom. The van der Waals surface area contributed by atoms with Crippen LogP contribution >= 0.6 is 0 Å². The summed E-state index contributed by atoms with van der Waals surface area (Å²) in [4.78, 5) is 0. The number of hydrogen-bond acceptors (Lipinski definition) is 0. The van der Waals surface area contributed by atoms with Gasteiger partial charge in [0.1, 0.15) is 19.7 Å². The van der Waals surface area contributed by atoms with Crippen molar-refractivity contribution in [1.29, 1.82) is 0 Å². The third kappa shape index (κ3) is 4.21. The Kier molecular flexibility index (Phi) is 5.90. The van der Waals surface area contributed by atoms with E-state index in [2.05, 4.69) is 75.5 Å². The van der Waals surface area contributed by atoms with Gasteiger partial charge in [-0.3, -0.25) is 0 Å². The Balaban J connectivity index is 1.95. The Morgan fingerprint density at radius 1 is 0.486 bits per heavy atom. The van der Waals surface area contributed by atoms with Crippen LogP contribution in [0.1, 0.15) is 33.4 Å². The summed E-state index contributed by atoms with van der Waals surface area (Å²) in [6.45, 7) is 8.78. The zero-order valence-corrected chi connectivity index (χ0v) is 21.5. The Labute approximate surface area is 207 Å². The van der Waals surface area contributed by atoms with Crippen molar-refractivity contribution < 1.29 is 8.78 Å². The van der Waals surface area contributed by atoms with E-state index in [9.17, 15) is 8.78 Å². The van der Waals surface area contributed by atoms with Crippen LogP contribution in [0.3, 0.4) is 0 Å². The highest BCUT2D eigenvalue weighted by molar-refractivity contribution is 7.13. The second-order valence-electron chi connectivity index (χ2n) is 9.88. The van der Waals surface area contributed by atoms with Crippen molar-refractivity contribution >= 4 is 29.6 Å². The second kappa shape index (κ2) is 8.90. The zero-order valence-electron chi connectivity index (χ0n) is 20.5. The standard InChI is InChI=1S/C32H28F2Si/c1-21-9-5-11-23(17-21)29-30(24-12-6-10-22(2)18-24)32(26-14-8-16-28(34)20-26)35(3,4)31(29)25-13-7-15-27(33)19-25/h5-20H,1-4H3. The minimum Gasteiger partial charge on any atom is -0.207 e. The summed E-state index contributed by atoms with van der Waals surface area (Å²) in [6, 6.07) is 30.8. The molecule has 0 spiro atoms. The van der Waals surface area contributed by atoms with Crippen LogP contribution in [0.2, 0.25) is 13.1 Å². The molecule has 0 amide bonds. The molecule has 0 saturated carbocycles. The number of aryl methyl sites for hydroxylation is 2. The Bertz CT molecular complexity index is 1390. The van der Waals surface area contributed by atoms with Gasteiger partial charge >= 0.3 is 0 Å². The molecule has 0 aliphatic carbocycles. The molecule has 0 unspecified atom stereocenters. The molecule has 0 saturated heterocycles. The monoisotopic (exact) mass is 478 g/mol. The van der Waals surface area contributed by atoms with Gasteiger partial charge in [-0.05, 0) is 81.9 Å². The van der Waals surface area contributed by atoms with E-state index >= 15 is 0 Å². The predicted molar refractivity (Wildman–Crippen MR) is 146 cm³/mol. The zero-order chi connectivity index (χ0) is 24.7. The number of rotatable bonds is 4. The molecule has 1 aliphatic heterocycles. The van der Waals surface area contributed by atoms with Crippen LogP contribution < -0.4 is 0 Å². The van der Waals surface area contributed by atoms with Crippen molar-refractivity contribution in [3.63, 3.8) is 0 Å². The van der Waals surface area contributed by atoms with Gasteiger partial charge in [-0.25, -0.2) is 8.78 Å². The average molecular weight is 479 g/mol. The molecule has 1 aliphatic rings. The van der Waals surface area contributed by atoms with Crippen LogP contribution in [-0.4, -0.2) is 8.07 Å². The van der Waals surface area contributed by atoms with Gasteiger partial charge in [-0.2, -0.15) is 0 Å². The average Bonchev–Trinajstić information content (AvgIpc) is 3.06. The normalized spacial score (nSPS) is 15.1. The maximum atomic E-state index is 14.5. The van der Waals surface area contributed by atoms with Crippen molar-refractivity contribution in [2.24, 2.45) is 0 Å². The summed E-state index contributed by atoms with van der Waals surface area (Å²) >= 11 is 0. The van der Waals surface area contributed by atoms with Gasteiger partial charge in [0.05, 0.1) is 0 Å². The number of hydrogen-bond donors (Lipinski definition) is 0. The van der Waals surface area contributed by atoms with E-state index in [4.69, 9.17) is 0 Å². The first-order valence-corrected chi connectivity index (χ1v) is 14.9. The van der Waals surface area contributed by atoms with E-state index in [0.29, 0.717) is 0 Å². The maximum Gasteiger partial charge on any atom is 0.123 e. The van der Waals surface area contributed by atoms with Gasteiger partial charge in [-0.1, -0.05) is 97.0 Å². The van der Waals surface area contributed by atoms with Gasteiger partial charge in [-0.15, -0.1) is 0 Å². The summed E-state index contributed by atoms with van der Waals surface area (Å²) in [5.41, 5.74) is 8.58. The number of halogens is 2. The Hall–Kier alpha value is -3.56. The van der Waals surface area contributed by atoms with Crippen LogP contribution in [0.4, 0.5) is 8.78 Å². The molecule has 174 valence electrons. The van der Waals surface area contributed by atoms with E-state index < -0.39 is 8.07 Å². The Morgan fingerprint density at radius 2 is 0.857 bits per heavy atom. The number of allylic oxidation sites excluding steroid dienone is 2. The SMILES string of the molecule is Cc1cccc(C2=C(c3cccc(F)c3)[Si](C)(C)C(c3cccc(F)c3)=C2c2cccc(C)c2)c1. The van der Waals surface area contributed by atoms with E-state index in [0.717, 1.165) is 44.5 Å². The van der Waals surface area contributed by atoms with Gasteiger partial charge in [0.2, 0.25) is 0 Å². The van der Waals surface area contributed by atoms with Gasteiger partial charge < -0.3 is 0 Å². The van der Waals surface area contributed by atoms with Gasteiger partial charge in [0.15, 0.2) is 0 Å². The predicted octanol–water partition coefficient (Wildman–Crippen LogP) is 8.90. The lowest BCUT2D eigenvalue weighted by Gasteiger charge is -2.26. The highest BCUT2D eigenvalue weighted by Crippen LogP contribution is 2.55. The lowest BCUT2D eigenvalue weighted by atomic mass is 9.88. The van der Waals surface area contributed by atoms with Crippen LogP contribution in [0.5, 0.6) is 0 Å². The topological polar surface area (TPSA) is 0 Å². The molecule has 0 N–H and O–H groups in total. The minimum absolute atomic E-state index is 0.250. The van der Waals surface area contributed by atoms with Crippen LogP contribution in [0.25, 0.3) is 21.5 Å². The number of benzene rings is 4. The largest absolute Gasteiger partial charge is 0.207 e. The molecule has 0 nitrogen and oxygen atoms in total. The molecule has 35 heavy (non-hydrogen) atoms. The molecule has 4 aromatic carbocycles. The smallest absolute Gasteiger partial charge is 0.123 e. The molecule has 1 heterocycles. The van der Waals surface area contributed by atoms with Gasteiger partial charge in [0.25, 0.3) is 0 Å². The molecule has 0 aromatic heterocycles. The van der Waals surface area contributed by atoms with Crippen LogP contribution in [-0.2, 0) is 0 Å². The summed E-state index contributed by atoms with van der Waals surface area (Å²) in [5.74, 6) is -0.501. The highest BCUT2D eigenvalue weighted by atomic mass is 28.3. The van der Waals surface area contributed by atoms with Crippen molar-refractivity contribution in [1.82, 2.24) is 0 Å². The maximum absolute atomic E-state index is 14.5. The van der Waals surface area contributed by atoms with Crippen LogP contribution in [0, 0.1) is 25.5 Å². The van der Waals surface area contributed by atoms with E-state index in [1.807, 2.05) is 12.1 Å². The van der Waals surface area contributed by atoms with Gasteiger partial charge in [0, 0.05) is 0 Å². The molecule has 3 heteroatoms. The van der Waals surface area contributed by atoms with Crippen molar-refractivity contribution in [3.05, 3.63) is 142 Å². The molecular weight excluding hydrogens is 450 g/mol. The molecule has 0 radical (unpaired) electrons. The first-order valence-electron chi connectivity index (χ1n) is 11.9. The molecule has 0 atom stereocenters. The quantitative estimate of drug-likeness (QED) is 0.257.